The van der Waals surface area contributed by atoms with Gasteiger partial charge < -0.3 is 20.1 Å². The quantitative estimate of drug-likeness (QED) is 0.369. The van der Waals surface area contributed by atoms with Crippen LogP contribution in [0.3, 0.4) is 0 Å². The lowest BCUT2D eigenvalue weighted by molar-refractivity contribution is -0.139. The second-order valence-electron chi connectivity index (χ2n) is 8.71. The molecule has 0 aliphatic heterocycles. The van der Waals surface area contributed by atoms with Gasteiger partial charge in [0, 0.05) is 12.1 Å². The number of benzene rings is 2. The summed E-state index contributed by atoms with van der Waals surface area (Å²) in [7, 11) is 0. The number of hydrogen-bond acceptors (Lipinski definition) is 4. The molecule has 2 aromatic rings. The van der Waals surface area contributed by atoms with Crippen molar-refractivity contribution < 1.29 is 41.0 Å². The molecular weight excluding hydrogens is 499 g/mol. The molecule has 0 atom stereocenters. The molecular formula is C26H25F5N2O4. The predicted molar refractivity (Wildman–Crippen MR) is 128 cm³/mol. The first kappa shape index (κ1) is 27.7. The summed E-state index contributed by atoms with van der Waals surface area (Å²) in [4.78, 5) is 24.2. The molecule has 0 heterocycles. The van der Waals surface area contributed by atoms with Crippen molar-refractivity contribution in [2.75, 3.05) is 23.9 Å². The number of amides is 2. The molecule has 2 N–H and O–H groups in total. The molecule has 11 heteroatoms. The maximum absolute atomic E-state index is 14.7. The van der Waals surface area contributed by atoms with Gasteiger partial charge in [-0.05, 0) is 68.3 Å². The van der Waals surface area contributed by atoms with Crippen molar-refractivity contribution >= 4 is 28.8 Å². The van der Waals surface area contributed by atoms with Crippen molar-refractivity contribution in [2.24, 2.45) is 0 Å². The highest BCUT2D eigenvalue weighted by Gasteiger charge is 2.36. The molecule has 0 aromatic heterocycles. The van der Waals surface area contributed by atoms with E-state index in [2.05, 4.69) is 10.6 Å². The molecule has 0 saturated heterocycles. The van der Waals surface area contributed by atoms with E-state index < -0.39 is 41.6 Å². The van der Waals surface area contributed by atoms with Crippen molar-refractivity contribution in [1.82, 2.24) is 0 Å². The van der Waals surface area contributed by atoms with Crippen LogP contribution in [-0.4, -0.2) is 30.7 Å². The second-order valence-corrected chi connectivity index (χ2v) is 8.71. The standard InChI is InChI=1S/C26H25F5N2O4/c1-4-36-23-12-16(6-9-21(23)34)15-5-8-20(19(28)11-15)33-24(35)32-17-7-10-22(37-25(2,3)14-27)18(13-17)26(29,30)31/h5-8,10-13H,4,9,14H2,1-3H3,(H2,32,33,35). The van der Waals surface area contributed by atoms with Crippen LogP contribution in [0.4, 0.5) is 38.1 Å². The minimum Gasteiger partial charge on any atom is -0.490 e. The highest BCUT2D eigenvalue weighted by molar-refractivity contribution is 6.02. The van der Waals surface area contributed by atoms with Crippen LogP contribution >= 0.6 is 0 Å². The van der Waals surface area contributed by atoms with Gasteiger partial charge >= 0.3 is 12.2 Å². The predicted octanol–water partition coefficient (Wildman–Crippen LogP) is 6.89. The number of nitrogens with one attached hydrogen (secondary N) is 2. The molecule has 37 heavy (non-hydrogen) atoms. The number of carbonyl (C=O) groups excluding carboxylic acids is 2. The molecule has 1 aliphatic rings. The summed E-state index contributed by atoms with van der Waals surface area (Å²) in [5.41, 5.74) is -2.15. The number of rotatable bonds is 8. The first-order valence-corrected chi connectivity index (χ1v) is 11.2. The lowest BCUT2D eigenvalue weighted by atomic mass is 9.97. The SMILES string of the molecule is CCOC1=CC(c2ccc(NC(=O)Nc3ccc(OC(C)(C)CF)c(C(F)(F)F)c3)c(F)c2)=CCC1=O. The zero-order valence-electron chi connectivity index (χ0n) is 20.3. The number of alkyl halides is 4. The van der Waals surface area contributed by atoms with Gasteiger partial charge in [-0.3, -0.25) is 4.79 Å². The maximum atomic E-state index is 14.7. The van der Waals surface area contributed by atoms with Gasteiger partial charge in [0.25, 0.3) is 0 Å². The third-order valence-electron chi connectivity index (χ3n) is 5.17. The molecule has 1 aliphatic carbocycles. The topological polar surface area (TPSA) is 76.7 Å². The molecule has 3 rings (SSSR count). The number of urea groups is 1. The van der Waals surface area contributed by atoms with Crippen molar-refractivity contribution in [3.8, 4) is 5.75 Å². The van der Waals surface area contributed by atoms with E-state index in [1.807, 2.05) is 0 Å². The van der Waals surface area contributed by atoms with Gasteiger partial charge in [-0.15, -0.1) is 0 Å². The second kappa shape index (κ2) is 11.0. The van der Waals surface area contributed by atoms with Crippen LogP contribution in [0.2, 0.25) is 0 Å². The third-order valence-corrected chi connectivity index (χ3v) is 5.17. The Morgan fingerprint density at radius 3 is 2.43 bits per heavy atom. The Balaban J connectivity index is 1.75. The summed E-state index contributed by atoms with van der Waals surface area (Å²) >= 11 is 0. The van der Waals surface area contributed by atoms with Crippen LogP contribution in [0, 0.1) is 5.82 Å². The van der Waals surface area contributed by atoms with Gasteiger partial charge in [0.05, 0.1) is 17.9 Å². The average Bonchev–Trinajstić information content (AvgIpc) is 2.82. The zero-order valence-corrected chi connectivity index (χ0v) is 20.3. The number of halogens is 5. The van der Waals surface area contributed by atoms with E-state index in [0.717, 1.165) is 18.2 Å². The Hall–Kier alpha value is -3.89. The molecule has 0 unspecified atom stereocenters. The monoisotopic (exact) mass is 524 g/mol. The summed E-state index contributed by atoms with van der Waals surface area (Å²) < 4.78 is 78.8. The molecule has 2 aromatic carbocycles. The fourth-order valence-corrected chi connectivity index (χ4v) is 3.39. The number of anilines is 2. The highest BCUT2D eigenvalue weighted by Crippen LogP contribution is 2.39. The van der Waals surface area contributed by atoms with Gasteiger partial charge in [0.2, 0.25) is 5.78 Å². The van der Waals surface area contributed by atoms with Crippen LogP contribution in [-0.2, 0) is 15.7 Å². The molecule has 0 fully saturated rings. The highest BCUT2D eigenvalue weighted by atomic mass is 19.4. The van der Waals surface area contributed by atoms with Crippen molar-refractivity contribution in [2.45, 2.75) is 39.0 Å². The summed E-state index contributed by atoms with van der Waals surface area (Å²) in [6.45, 7) is 3.61. The van der Waals surface area contributed by atoms with E-state index in [9.17, 15) is 31.5 Å². The van der Waals surface area contributed by atoms with Crippen molar-refractivity contribution in [3.63, 3.8) is 0 Å². The van der Waals surface area contributed by atoms with Crippen molar-refractivity contribution in [1.29, 1.82) is 0 Å². The summed E-state index contributed by atoms with van der Waals surface area (Å²) in [5.74, 6) is -1.42. The lowest BCUT2D eigenvalue weighted by Gasteiger charge is -2.25. The first-order valence-electron chi connectivity index (χ1n) is 11.2. The van der Waals surface area contributed by atoms with E-state index in [1.165, 1.54) is 32.1 Å². The van der Waals surface area contributed by atoms with Gasteiger partial charge in [-0.1, -0.05) is 12.1 Å². The lowest BCUT2D eigenvalue weighted by Crippen LogP contribution is -2.31. The Bertz CT molecular complexity index is 1250. The molecule has 6 nitrogen and oxygen atoms in total. The van der Waals surface area contributed by atoms with E-state index >= 15 is 0 Å². The number of allylic oxidation sites excluding steroid dienone is 4. The van der Waals surface area contributed by atoms with Gasteiger partial charge in [-0.2, -0.15) is 13.2 Å². The zero-order chi connectivity index (χ0) is 27.4. The van der Waals surface area contributed by atoms with E-state index in [-0.39, 0.29) is 29.3 Å². The van der Waals surface area contributed by atoms with Crippen LogP contribution in [0.15, 0.2) is 54.3 Å². The smallest absolute Gasteiger partial charge is 0.420 e. The fourth-order valence-electron chi connectivity index (χ4n) is 3.39. The fraction of sp³-hybridized carbons (Fsp3) is 0.308. The van der Waals surface area contributed by atoms with Gasteiger partial charge in [-0.25, -0.2) is 13.6 Å². The maximum Gasteiger partial charge on any atom is 0.420 e. The van der Waals surface area contributed by atoms with E-state index in [1.54, 1.807) is 13.0 Å². The molecule has 0 saturated carbocycles. The molecule has 0 spiro atoms. The van der Waals surface area contributed by atoms with Crippen LogP contribution < -0.4 is 15.4 Å². The Morgan fingerprint density at radius 1 is 1.08 bits per heavy atom. The van der Waals surface area contributed by atoms with Crippen molar-refractivity contribution in [3.05, 3.63) is 71.3 Å². The number of hydrogen-bond donors (Lipinski definition) is 2. The molecule has 2 amide bonds. The Morgan fingerprint density at radius 2 is 1.81 bits per heavy atom. The summed E-state index contributed by atoms with van der Waals surface area (Å²) in [5, 5.41) is 4.46. The largest absolute Gasteiger partial charge is 0.490 e. The van der Waals surface area contributed by atoms with Gasteiger partial charge in [0.1, 0.15) is 23.8 Å². The van der Waals surface area contributed by atoms with Crippen LogP contribution in [0.5, 0.6) is 5.75 Å². The summed E-state index contributed by atoms with van der Waals surface area (Å²) in [6.07, 6.45) is -1.61. The Kier molecular flexibility index (Phi) is 8.25. The third kappa shape index (κ3) is 7.08. The first-order chi connectivity index (χ1) is 17.3. The van der Waals surface area contributed by atoms with E-state index in [4.69, 9.17) is 9.47 Å². The minimum absolute atomic E-state index is 0.0974. The number of carbonyl (C=O) groups is 2. The average molecular weight is 524 g/mol. The molecule has 198 valence electrons. The number of ether oxygens (including phenoxy) is 2. The minimum atomic E-state index is -4.84. The van der Waals surface area contributed by atoms with E-state index in [0.29, 0.717) is 23.8 Å². The normalized spacial score (nSPS) is 14.0. The number of ketones is 1. The molecule has 0 bridgehead atoms. The number of Topliss-reactive ketones (excluding diaryl/α,β-unsaturated/α-hetero) is 1. The molecule has 0 radical (unpaired) electrons. The van der Waals surface area contributed by atoms with Crippen LogP contribution in [0.1, 0.15) is 38.3 Å². The Labute approximate surface area is 210 Å². The van der Waals surface area contributed by atoms with Gasteiger partial charge in [0.15, 0.2) is 5.76 Å². The summed E-state index contributed by atoms with van der Waals surface area (Å²) in [6, 6.07) is 5.72. The van der Waals surface area contributed by atoms with Crippen LogP contribution in [0.25, 0.3) is 5.57 Å².